The highest BCUT2D eigenvalue weighted by Gasteiger charge is 2.39. The first-order chi connectivity index (χ1) is 9.67. The lowest BCUT2D eigenvalue weighted by Crippen LogP contribution is -2.34. The minimum atomic E-state index is -3.98. The molecule has 0 saturated carbocycles. The van der Waals surface area contributed by atoms with E-state index in [4.69, 9.17) is 5.84 Å². The maximum atomic E-state index is 12.6. The van der Waals surface area contributed by atoms with Crippen molar-refractivity contribution in [2.45, 2.75) is 23.8 Å². The van der Waals surface area contributed by atoms with E-state index in [-0.39, 0.29) is 29.4 Å². The van der Waals surface area contributed by atoms with E-state index in [0.29, 0.717) is 6.42 Å². The normalized spacial score (nSPS) is 23.2. The number of nitro benzene ring substituents is 1. The lowest BCUT2D eigenvalue weighted by molar-refractivity contribution is -0.385. The van der Waals surface area contributed by atoms with Crippen LogP contribution in [0.1, 0.15) is 13.3 Å². The van der Waals surface area contributed by atoms with Crippen molar-refractivity contribution in [3.05, 3.63) is 28.3 Å². The lowest BCUT2D eigenvalue weighted by atomic mass is 10.1. The molecule has 0 aliphatic carbocycles. The summed E-state index contributed by atoms with van der Waals surface area (Å²) in [6, 6.07) is 3.35. The summed E-state index contributed by atoms with van der Waals surface area (Å²) in [5.74, 6) is 5.27. The number of benzene rings is 1. The number of anilines is 1. The minimum Gasteiger partial charge on any atom is -0.389 e. The van der Waals surface area contributed by atoms with Crippen molar-refractivity contribution in [1.29, 1.82) is 0 Å². The van der Waals surface area contributed by atoms with Crippen LogP contribution in [-0.4, -0.2) is 41.4 Å². The molecule has 1 saturated heterocycles. The number of nitrogen functional groups attached to an aromatic ring is 1. The summed E-state index contributed by atoms with van der Waals surface area (Å²) in [5, 5.41) is 20.7. The summed E-state index contributed by atoms with van der Waals surface area (Å²) < 4.78 is 26.2. The summed E-state index contributed by atoms with van der Waals surface area (Å²) in [6.07, 6.45) is 0.298. The highest BCUT2D eigenvalue weighted by Crippen LogP contribution is 2.32. The SMILES string of the molecule is CC1(O)CCN(S(=O)(=O)c2cc([N+](=O)[O-])ccc2NN)C1. The average molecular weight is 316 g/mol. The molecule has 1 heterocycles. The van der Waals surface area contributed by atoms with Crippen LogP contribution in [0.3, 0.4) is 0 Å². The van der Waals surface area contributed by atoms with Gasteiger partial charge in [0.05, 0.1) is 16.2 Å². The van der Waals surface area contributed by atoms with Crippen LogP contribution < -0.4 is 11.3 Å². The molecule has 2 rings (SSSR count). The number of hydrogen-bond donors (Lipinski definition) is 3. The van der Waals surface area contributed by atoms with E-state index in [0.717, 1.165) is 16.4 Å². The Morgan fingerprint density at radius 2 is 2.19 bits per heavy atom. The van der Waals surface area contributed by atoms with E-state index in [1.807, 2.05) is 0 Å². The molecule has 1 fully saturated rings. The standard InChI is InChI=1S/C11H16N4O5S/c1-11(16)4-5-14(7-11)21(19,20)10-6-8(15(17)18)2-3-9(10)13-12/h2-3,6,13,16H,4-5,7,12H2,1H3. The number of hydrazine groups is 1. The summed E-state index contributed by atoms with van der Waals surface area (Å²) >= 11 is 0. The number of nitro groups is 1. The third-order valence-electron chi connectivity index (χ3n) is 3.37. The molecule has 1 atom stereocenters. The molecular weight excluding hydrogens is 300 g/mol. The quantitative estimate of drug-likeness (QED) is 0.404. The van der Waals surface area contributed by atoms with Crippen molar-refractivity contribution >= 4 is 21.4 Å². The third-order valence-corrected chi connectivity index (χ3v) is 5.25. The van der Waals surface area contributed by atoms with Gasteiger partial charge in [0.2, 0.25) is 10.0 Å². The monoisotopic (exact) mass is 316 g/mol. The first-order valence-electron chi connectivity index (χ1n) is 6.15. The number of β-amino-alcohol motifs (C(OH)–C–C–N with tert-alkyl or cyclic N) is 1. The first-order valence-corrected chi connectivity index (χ1v) is 7.59. The Morgan fingerprint density at radius 1 is 1.52 bits per heavy atom. The molecule has 10 heteroatoms. The second kappa shape index (κ2) is 5.22. The molecule has 4 N–H and O–H groups in total. The molecule has 1 aliphatic rings. The fraction of sp³-hybridized carbons (Fsp3) is 0.455. The van der Waals surface area contributed by atoms with Gasteiger partial charge in [-0.3, -0.25) is 16.0 Å². The Kier molecular flexibility index (Phi) is 3.89. The maximum absolute atomic E-state index is 12.6. The van der Waals surface area contributed by atoms with Crippen LogP contribution in [0, 0.1) is 10.1 Å². The van der Waals surface area contributed by atoms with Crippen LogP contribution >= 0.6 is 0 Å². The van der Waals surface area contributed by atoms with E-state index in [1.54, 1.807) is 0 Å². The largest absolute Gasteiger partial charge is 0.389 e. The second-order valence-electron chi connectivity index (χ2n) is 5.17. The molecule has 1 aliphatic heterocycles. The van der Waals surface area contributed by atoms with Crippen molar-refractivity contribution in [2.75, 3.05) is 18.5 Å². The summed E-state index contributed by atoms with van der Waals surface area (Å²) in [6.45, 7) is 1.61. The van der Waals surface area contributed by atoms with Gasteiger partial charge in [0.15, 0.2) is 0 Å². The fourth-order valence-corrected chi connectivity index (χ4v) is 3.94. The predicted octanol–water partition coefficient (Wildman–Crippen LogP) is 0.0258. The van der Waals surface area contributed by atoms with E-state index in [2.05, 4.69) is 5.43 Å². The number of sulfonamides is 1. The first kappa shape index (κ1) is 15.6. The van der Waals surface area contributed by atoms with Crippen LogP contribution in [0.4, 0.5) is 11.4 Å². The Bertz CT molecular complexity index is 673. The molecular formula is C11H16N4O5S. The van der Waals surface area contributed by atoms with E-state index in [1.165, 1.54) is 13.0 Å². The number of hydrogen-bond acceptors (Lipinski definition) is 7. The van der Waals surface area contributed by atoms with Gasteiger partial charge in [0.1, 0.15) is 4.90 Å². The molecule has 1 unspecified atom stereocenters. The Morgan fingerprint density at radius 3 is 2.67 bits per heavy atom. The summed E-state index contributed by atoms with van der Waals surface area (Å²) in [4.78, 5) is 9.85. The van der Waals surface area contributed by atoms with Gasteiger partial charge < -0.3 is 10.5 Å². The lowest BCUT2D eigenvalue weighted by Gasteiger charge is -2.20. The number of rotatable bonds is 4. The number of nitrogens with two attached hydrogens (primary N) is 1. The average Bonchev–Trinajstić information content (AvgIpc) is 2.79. The Labute approximate surface area is 121 Å². The zero-order valence-corrected chi connectivity index (χ0v) is 12.1. The van der Waals surface area contributed by atoms with Crippen LogP contribution in [0.15, 0.2) is 23.1 Å². The van der Waals surface area contributed by atoms with Crippen LogP contribution in [0.25, 0.3) is 0 Å². The number of nitrogens with one attached hydrogen (secondary N) is 1. The van der Waals surface area contributed by atoms with Crippen LogP contribution in [-0.2, 0) is 10.0 Å². The van der Waals surface area contributed by atoms with Crippen LogP contribution in [0.2, 0.25) is 0 Å². The summed E-state index contributed by atoms with van der Waals surface area (Å²) in [7, 11) is -3.98. The molecule has 0 amide bonds. The van der Waals surface area contributed by atoms with Gasteiger partial charge >= 0.3 is 0 Å². The van der Waals surface area contributed by atoms with E-state index in [9.17, 15) is 23.6 Å². The molecule has 0 bridgehead atoms. The van der Waals surface area contributed by atoms with Gasteiger partial charge in [-0.15, -0.1) is 0 Å². The van der Waals surface area contributed by atoms with Gasteiger partial charge in [-0.2, -0.15) is 4.31 Å². The van der Waals surface area contributed by atoms with Crippen molar-refractivity contribution < 1.29 is 18.4 Å². The predicted molar refractivity (Wildman–Crippen MR) is 74.9 cm³/mol. The van der Waals surface area contributed by atoms with Crippen LogP contribution in [0.5, 0.6) is 0 Å². The minimum absolute atomic E-state index is 0.0622. The van der Waals surface area contributed by atoms with Gasteiger partial charge in [-0.25, -0.2) is 8.42 Å². The van der Waals surface area contributed by atoms with Gasteiger partial charge in [-0.05, 0) is 19.4 Å². The number of aliphatic hydroxyl groups is 1. The number of nitrogens with zero attached hydrogens (tertiary/aromatic N) is 2. The Balaban J connectivity index is 2.48. The zero-order chi connectivity index (χ0) is 15.8. The number of non-ortho nitro benzene ring substituents is 1. The second-order valence-corrected chi connectivity index (χ2v) is 7.07. The molecule has 9 nitrogen and oxygen atoms in total. The van der Waals surface area contributed by atoms with Gasteiger partial charge in [0.25, 0.3) is 5.69 Å². The van der Waals surface area contributed by atoms with Crippen molar-refractivity contribution in [1.82, 2.24) is 4.31 Å². The van der Waals surface area contributed by atoms with E-state index >= 15 is 0 Å². The van der Waals surface area contributed by atoms with Gasteiger partial charge in [-0.1, -0.05) is 0 Å². The zero-order valence-electron chi connectivity index (χ0n) is 11.3. The molecule has 1 aromatic carbocycles. The third kappa shape index (κ3) is 2.97. The van der Waals surface area contributed by atoms with E-state index < -0.39 is 20.5 Å². The highest BCUT2D eigenvalue weighted by molar-refractivity contribution is 7.89. The highest BCUT2D eigenvalue weighted by atomic mass is 32.2. The van der Waals surface area contributed by atoms with Gasteiger partial charge in [0, 0.05) is 25.2 Å². The molecule has 1 aromatic rings. The van der Waals surface area contributed by atoms with Crippen molar-refractivity contribution in [3.8, 4) is 0 Å². The molecule has 0 aromatic heterocycles. The molecule has 0 spiro atoms. The maximum Gasteiger partial charge on any atom is 0.270 e. The fourth-order valence-electron chi connectivity index (χ4n) is 2.21. The molecule has 0 radical (unpaired) electrons. The Hall–Kier alpha value is -1.75. The van der Waals surface area contributed by atoms with Crippen molar-refractivity contribution in [2.24, 2.45) is 5.84 Å². The topological polar surface area (TPSA) is 139 Å². The van der Waals surface area contributed by atoms with Crippen molar-refractivity contribution in [3.63, 3.8) is 0 Å². The molecule has 116 valence electrons. The summed E-state index contributed by atoms with van der Waals surface area (Å²) in [5.41, 5.74) is 0.828. The molecule has 21 heavy (non-hydrogen) atoms. The smallest absolute Gasteiger partial charge is 0.270 e.